The van der Waals surface area contributed by atoms with Gasteiger partial charge >= 0.3 is 0 Å². The molecule has 3 heteroatoms. The number of halogens is 1. The van der Waals surface area contributed by atoms with E-state index >= 15 is 0 Å². The summed E-state index contributed by atoms with van der Waals surface area (Å²) in [5, 5.41) is 0. The summed E-state index contributed by atoms with van der Waals surface area (Å²) in [5.74, 6) is 1.59. The first-order valence-electron chi connectivity index (χ1n) is 7.52. The van der Waals surface area contributed by atoms with Crippen molar-refractivity contribution < 1.29 is 0 Å². The molecule has 1 heterocycles. The van der Waals surface area contributed by atoms with E-state index < -0.39 is 0 Å². The molecular formula is C19H19BrN2. The van der Waals surface area contributed by atoms with E-state index in [0.29, 0.717) is 5.92 Å². The third-order valence-corrected chi connectivity index (χ3v) is 4.00. The summed E-state index contributed by atoms with van der Waals surface area (Å²) in [6, 6.07) is 16.6. The summed E-state index contributed by atoms with van der Waals surface area (Å²) in [6.45, 7) is 5.44. The van der Waals surface area contributed by atoms with Gasteiger partial charge in [-0.2, -0.15) is 0 Å². The molecule has 3 aromatic rings. The molecule has 2 aromatic carbocycles. The van der Waals surface area contributed by atoms with Crippen LogP contribution >= 0.6 is 15.9 Å². The van der Waals surface area contributed by atoms with E-state index in [1.54, 1.807) is 0 Å². The molecule has 0 N–H and O–H groups in total. The molecule has 0 bridgehead atoms. The van der Waals surface area contributed by atoms with Crippen molar-refractivity contribution in [3.63, 3.8) is 0 Å². The normalized spacial score (nSPS) is 11.8. The van der Waals surface area contributed by atoms with Gasteiger partial charge in [-0.3, -0.25) is 0 Å². The standard InChI is InChI=1S/C19H19BrN2/c1-14(2)13-22-18-9-4-3-8-17(18)21-19(22)11-10-15-6-5-7-16(20)12-15/h3-12,14H,13H2,1-2H3. The van der Waals surface area contributed by atoms with E-state index in [1.165, 1.54) is 5.52 Å². The minimum atomic E-state index is 0.579. The Morgan fingerprint density at radius 2 is 1.91 bits per heavy atom. The molecule has 0 aliphatic heterocycles. The van der Waals surface area contributed by atoms with Crippen LogP contribution in [-0.4, -0.2) is 9.55 Å². The molecule has 0 fully saturated rings. The maximum absolute atomic E-state index is 4.77. The molecule has 1 aromatic heterocycles. The molecule has 0 saturated carbocycles. The highest BCUT2D eigenvalue weighted by Gasteiger charge is 2.09. The molecule has 0 radical (unpaired) electrons. The second-order valence-corrected chi connectivity index (χ2v) is 6.77. The molecule has 0 atom stereocenters. The summed E-state index contributed by atoms with van der Waals surface area (Å²) in [4.78, 5) is 4.77. The van der Waals surface area contributed by atoms with Crippen LogP contribution in [0.1, 0.15) is 25.2 Å². The first-order valence-corrected chi connectivity index (χ1v) is 8.31. The second-order valence-electron chi connectivity index (χ2n) is 5.85. The maximum Gasteiger partial charge on any atom is 0.133 e. The van der Waals surface area contributed by atoms with E-state index in [0.717, 1.165) is 27.9 Å². The van der Waals surface area contributed by atoms with Crippen LogP contribution < -0.4 is 0 Å². The number of hydrogen-bond acceptors (Lipinski definition) is 1. The summed E-state index contributed by atoms with van der Waals surface area (Å²) >= 11 is 3.51. The molecule has 0 aliphatic rings. The minimum Gasteiger partial charge on any atom is -0.324 e. The predicted octanol–water partition coefficient (Wildman–Crippen LogP) is 5.63. The number of fused-ring (bicyclic) bond motifs is 1. The fourth-order valence-electron chi connectivity index (χ4n) is 2.56. The van der Waals surface area contributed by atoms with Crippen molar-refractivity contribution in [1.29, 1.82) is 0 Å². The largest absolute Gasteiger partial charge is 0.324 e. The lowest BCUT2D eigenvalue weighted by molar-refractivity contribution is 0.530. The number of nitrogens with zero attached hydrogens (tertiary/aromatic N) is 2. The third-order valence-electron chi connectivity index (χ3n) is 3.51. The van der Waals surface area contributed by atoms with Crippen LogP contribution in [0.3, 0.4) is 0 Å². The van der Waals surface area contributed by atoms with Crippen molar-refractivity contribution in [2.45, 2.75) is 20.4 Å². The Bertz CT molecular complexity index is 815. The molecule has 22 heavy (non-hydrogen) atoms. The molecule has 112 valence electrons. The number of aromatic nitrogens is 2. The number of imidazole rings is 1. The zero-order valence-corrected chi connectivity index (χ0v) is 14.4. The van der Waals surface area contributed by atoms with Crippen molar-refractivity contribution in [2.24, 2.45) is 5.92 Å². The number of rotatable bonds is 4. The average Bonchev–Trinajstić information content (AvgIpc) is 2.83. The highest BCUT2D eigenvalue weighted by atomic mass is 79.9. The third kappa shape index (κ3) is 3.30. The van der Waals surface area contributed by atoms with Crippen molar-refractivity contribution in [1.82, 2.24) is 9.55 Å². The zero-order chi connectivity index (χ0) is 15.5. The van der Waals surface area contributed by atoms with Gasteiger partial charge in [0.05, 0.1) is 11.0 Å². The predicted molar refractivity (Wildman–Crippen MR) is 97.6 cm³/mol. The highest BCUT2D eigenvalue weighted by Crippen LogP contribution is 2.20. The van der Waals surface area contributed by atoms with Gasteiger partial charge < -0.3 is 4.57 Å². The number of para-hydroxylation sites is 2. The molecule has 0 amide bonds. The van der Waals surface area contributed by atoms with Crippen LogP contribution in [0.4, 0.5) is 0 Å². The maximum atomic E-state index is 4.77. The van der Waals surface area contributed by atoms with Gasteiger partial charge in [0.25, 0.3) is 0 Å². The Hall–Kier alpha value is -1.87. The fraction of sp³-hybridized carbons (Fsp3) is 0.211. The number of hydrogen-bond donors (Lipinski definition) is 0. The molecular weight excluding hydrogens is 336 g/mol. The molecule has 0 spiro atoms. The Labute approximate surface area is 139 Å². The number of benzene rings is 2. The van der Waals surface area contributed by atoms with Crippen LogP contribution in [0, 0.1) is 5.92 Å². The second kappa shape index (κ2) is 6.49. The van der Waals surface area contributed by atoms with Crippen LogP contribution in [0.2, 0.25) is 0 Å². The van der Waals surface area contributed by atoms with E-state index in [9.17, 15) is 0 Å². The van der Waals surface area contributed by atoms with Gasteiger partial charge in [-0.25, -0.2) is 4.98 Å². The van der Waals surface area contributed by atoms with Gasteiger partial charge in [-0.1, -0.05) is 60.1 Å². The molecule has 0 unspecified atom stereocenters. The van der Waals surface area contributed by atoms with Gasteiger partial charge in [-0.05, 0) is 41.8 Å². The summed E-state index contributed by atoms with van der Waals surface area (Å²) in [6.07, 6.45) is 4.22. The lowest BCUT2D eigenvalue weighted by Gasteiger charge is -2.09. The molecule has 2 nitrogen and oxygen atoms in total. The Morgan fingerprint density at radius 3 is 2.68 bits per heavy atom. The Kier molecular flexibility index (Phi) is 4.44. The first kappa shape index (κ1) is 15.0. The van der Waals surface area contributed by atoms with Gasteiger partial charge in [0.1, 0.15) is 5.82 Å². The molecule has 3 rings (SSSR count). The van der Waals surface area contributed by atoms with Crippen LogP contribution in [0.25, 0.3) is 23.2 Å². The molecule has 0 saturated heterocycles. The first-order chi connectivity index (χ1) is 10.6. The van der Waals surface area contributed by atoms with Crippen LogP contribution in [0.5, 0.6) is 0 Å². The Morgan fingerprint density at radius 1 is 1.09 bits per heavy atom. The SMILES string of the molecule is CC(C)Cn1c(C=Cc2cccc(Br)c2)nc2ccccc21. The highest BCUT2D eigenvalue weighted by molar-refractivity contribution is 9.10. The summed E-state index contributed by atoms with van der Waals surface area (Å²) in [7, 11) is 0. The van der Waals surface area contributed by atoms with Gasteiger partial charge in [0.2, 0.25) is 0 Å². The summed E-state index contributed by atoms with van der Waals surface area (Å²) in [5.41, 5.74) is 3.42. The van der Waals surface area contributed by atoms with Gasteiger partial charge in [0, 0.05) is 11.0 Å². The lowest BCUT2D eigenvalue weighted by atomic mass is 10.2. The fourth-order valence-corrected chi connectivity index (χ4v) is 2.98. The van der Waals surface area contributed by atoms with Crippen molar-refractivity contribution in [3.8, 4) is 0 Å². The average molecular weight is 355 g/mol. The monoisotopic (exact) mass is 354 g/mol. The molecule has 0 aliphatic carbocycles. The lowest BCUT2D eigenvalue weighted by Crippen LogP contribution is -2.06. The summed E-state index contributed by atoms with van der Waals surface area (Å²) < 4.78 is 3.39. The topological polar surface area (TPSA) is 17.8 Å². The van der Waals surface area contributed by atoms with Gasteiger partial charge in [0.15, 0.2) is 0 Å². The Balaban J connectivity index is 2.02. The van der Waals surface area contributed by atoms with Crippen molar-refractivity contribution in [3.05, 3.63) is 64.4 Å². The van der Waals surface area contributed by atoms with Crippen molar-refractivity contribution in [2.75, 3.05) is 0 Å². The van der Waals surface area contributed by atoms with Crippen LogP contribution in [0.15, 0.2) is 53.0 Å². The zero-order valence-electron chi connectivity index (χ0n) is 12.8. The van der Waals surface area contributed by atoms with E-state index in [2.05, 4.69) is 76.8 Å². The minimum absolute atomic E-state index is 0.579. The smallest absolute Gasteiger partial charge is 0.133 e. The van der Waals surface area contributed by atoms with Gasteiger partial charge in [-0.15, -0.1) is 0 Å². The quantitative estimate of drug-likeness (QED) is 0.593. The van der Waals surface area contributed by atoms with E-state index in [1.807, 2.05) is 18.2 Å². The van der Waals surface area contributed by atoms with E-state index in [4.69, 9.17) is 4.98 Å². The van der Waals surface area contributed by atoms with E-state index in [-0.39, 0.29) is 0 Å². The van der Waals surface area contributed by atoms with Crippen LogP contribution in [-0.2, 0) is 6.54 Å². The van der Waals surface area contributed by atoms with Crippen molar-refractivity contribution >= 4 is 39.1 Å².